The Labute approximate surface area is 92.3 Å². The molecule has 0 amide bonds. The Hall–Kier alpha value is -1.06. The molecule has 1 aromatic carbocycles. The third-order valence-corrected chi connectivity index (χ3v) is 3.07. The summed E-state index contributed by atoms with van der Waals surface area (Å²) < 4.78 is 0. The first-order chi connectivity index (χ1) is 7.08. The Morgan fingerprint density at radius 1 is 1.40 bits per heavy atom. The van der Waals surface area contributed by atoms with Crippen molar-refractivity contribution in [3.8, 4) is 0 Å². The molecule has 3 nitrogen and oxygen atoms in total. The fourth-order valence-electron chi connectivity index (χ4n) is 2.05. The molecule has 2 unspecified atom stereocenters. The van der Waals surface area contributed by atoms with Gasteiger partial charge in [-0.05, 0) is 36.1 Å². The molecule has 80 valence electrons. The monoisotopic (exact) mass is 226 g/mol. The fourth-order valence-corrected chi connectivity index (χ4v) is 2.24. The minimum atomic E-state index is -1.28. The molecular formula is C11H11ClO3. The molecule has 1 aromatic rings. The normalized spacial score (nSPS) is 21.1. The van der Waals surface area contributed by atoms with Gasteiger partial charge in [-0.2, -0.15) is 0 Å². The van der Waals surface area contributed by atoms with Crippen LogP contribution in [-0.4, -0.2) is 22.3 Å². The zero-order valence-corrected chi connectivity index (χ0v) is 8.74. The van der Waals surface area contributed by atoms with Gasteiger partial charge in [-0.15, -0.1) is 0 Å². The number of hydrogen-bond acceptors (Lipinski definition) is 2. The number of carboxylic acid groups (broad SMARTS) is 1. The Morgan fingerprint density at radius 2 is 2.07 bits per heavy atom. The number of hydrogen-bond donors (Lipinski definition) is 2. The molecule has 0 bridgehead atoms. The molecule has 0 fully saturated rings. The van der Waals surface area contributed by atoms with Gasteiger partial charge in [0.1, 0.15) is 0 Å². The zero-order chi connectivity index (χ0) is 11.0. The van der Waals surface area contributed by atoms with E-state index in [0.717, 1.165) is 11.1 Å². The number of carbonyl (C=O) groups is 1. The highest BCUT2D eigenvalue weighted by Crippen LogP contribution is 2.30. The van der Waals surface area contributed by atoms with Gasteiger partial charge in [0.15, 0.2) is 6.10 Å². The molecule has 1 aliphatic rings. The van der Waals surface area contributed by atoms with Crippen molar-refractivity contribution in [3.63, 3.8) is 0 Å². The standard InChI is InChI=1S/C11H11ClO3/c12-9-2-1-6-3-8(4-7(6)5-9)10(13)11(14)15/h1-2,5,8,10,13H,3-4H2,(H,14,15). The summed E-state index contributed by atoms with van der Waals surface area (Å²) >= 11 is 5.83. The lowest BCUT2D eigenvalue weighted by Crippen LogP contribution is -2.29. The Balaban J connectivity index is 2.19. The summed E-state index contributed by atoms with van der Waals surface area (Å²) in [5, 5.41) is 18.8. The first-order valence-corrected chi connectivity index (χ1v) is 5.14. The minimum Gasteiger partial charge on any atom is -0.479 e. The second-order valence-corrected chi connectivity index (χ2v) is 4.30. The van der Waals surface area contributed by atoms with Crippen molar-refractivity contribution in [2.75, 3.05) is 0 Å². The second-order valence-electron chi connectivity index (χ2n) is 3.86. The van der Waals surface area contributed by atoms with Gasteiger partial charge in [-0.1, -0.05) is 17.7 Å². The van der Waals surface area contributed by atoms with Crippen molar-refractivity contribution in [2.24, 2.45) is 5.92 Å². The number of rotatable bonds is 2. The van der Waals surface area contributed by atoms with E-state index in [4.69, 9.17) is 16.7 Å². The Bertz CT molecular complexity index is 403. The van der Waals surface area contributed by atoms with Crippen LogP contribution in [0.1, 0.15) is 11.1 Å². The van der Waals surface area contributed by atoms with Crippen LogP contribution in [0, 0.1) is 5.92 Å². The van der Waals surface area contributed by atoms with E-state index in [-0.39, 0.29) is 5.92 Å². The van der Waals surface area contributed by atoms with E-state index in [9.17, 15) is 9.90 Å². The molecule has 0 aromatic heterocycles. The van der Waals surface area contributed by atoms with E-state index < -0.39 is 12.1 Å². The fraction of sp³-hybridized carbons (Fsp3) is 0.364. The molecular weight excluding hydrogens is 216 g/mol. The van der Waals surface area contributed by atoms with Gasteiger partial charge in [0.2, 0.25) is 0 Å². The molecule has 2 atom stereocenters. The average Bonchev–Trinajstić information content (AvgIpc) is 2.58. The van der Waals surface area contributed by atoms with Crippen LogP contribution >= 0.6 is 11.6 Å². The maximum Gasteiger partial charge on any atom is 0.332 e. The summed E-state index contributed by atoms with van der Waals surface area (Å²) in [6, 6.07) is 5.52. The molecule has 2 rings (SSSR count). The highest BCUT2D eigenvalue weighted by molar-refractivity contribution is 6.30. The van der Waals surface area contributed by atoms with Crippen molar-refractivity contribution in [1.29, 1.82) is 0 Å². The second kappa shape index (κ2) is 3.83. The first-order valence-electron chi connectivity index (χ1n) is 4.76. The van der Waals surface area contributed by atoms with E-state index in [0.29, 0.717) is 17.9 Å². The van der Waals surface area contributed by atoms with E-state index >= 15 is 0 Å². The third kappa shape index (κ3) is 1.98. The lowest BCUT2D eigenvalue weighted by molar-refractivity contribution is -0.149. The highest BCUT2D eigenvalue weighted by Gasteiger charge is 2.31. The largest absolute Gasteiger partial charge is 0.479 e. The van der Waals surface area contributed by atoms with Crippen LogP contribution in [0.5, 0.6) is 0 Å². The van der Waals surface area contributed by atoms with Crippen molar-refractivity contribution in [2.45, 2.75) is 18.9 Å². The molecule has 0 heterocycles. The third-order valence-electron chi connectivity index (χ3n) is 2.83. The van der Waals surface area contributed by atoms with Gasteiger partial charge in [-0.3, -0.25) is 0 Å². The zero-order valence-electron chi connectivity index (χ0n) is 7.98. The predicted octanol–water partition coefficient (Wildman–Crippen LogP) is 1.50. The number of carboxylic acids is 1. The lowest BCUT2D eigenvalue weighted by Gasteiger charge is -2.12. The van der Waals surface area contributed by atoms with Crippen LogP contribution in [0.25, 0.3) is 0 Å². The van der Waals surface area contributed by atoms with Crippen molar-refractivity contribution >= 4 is 17.6 Å². The van der Waals surface area contributed by atoms with Crippen LogP contribution < -0.4 is 0 Å². The van der Waals surface area contributed by atoms with Crippen molar-refractivity contribution < 1.29 is 15.0 Å². The van der Waals surface area contributed by atoms with Crippen LogP contribution in [0.4, 0.5) is 0 Å². The topological polar surface area (TPSA) is 57.5 Å². The average molecular weight is 227 g/mol. The summed E-state index contributed by atoms with van der Waals surface area (Å²) in [4.78, 5) is 10.6. The number of aliphatic hydroxyl groups is 1. The number of benzene rings is 1. The van der Waals surface area contributed by atoms with E-state index in [2.05, 4.69) is 0 Å². The van der Waals surface area contributed by atoms with Crippen LogP contribution in [0.2, 0.25) is 5.02 Å². The Morgan fingerprint density at radius 3 is 2.73 bits per heavy atom. The predicted molar refractivity (Wildman–Crippen MR) is 56.0 cm³/mol. The number of fused-ring (bicyclic) bond motifs is 1. The van der Waals surface area contributed by atoms with Crippen LogP contribution in [0.15, 0.2) is 18.2 Å². The summed E-state index contributed by atoms with van der Waals surface area (Å²) in [5.74, 6) is -1.38. The summed E-state index contributed by atoms with van der Waals surface area (Å²) in [6.45, 7) is 0. The summed E-state index contributed by atoms with van der Waals surface area (Å²) in [7, 11) is 0. The van der Waals surface area contributed by atoms with Crippen LogP contribution in [0.3, 0.4) is 0 Å². The van der Waals surface area contributed by atoms with Gasteiger partial charge in [-0.25, -0.2) is 4.79 Å². The van der Waals surface area contributed by atoms with Crippen LogP contribution in [-0.2, 0) is 17.6 Å². The molecule has 0 aliphatic heterocycles. The minimum absolute atomic E-state index is 0.226. The highest BCUT2D eigenvalue weighted by atomic mass is 35.5. The quantitative estimate of drug-likeness (QED) is 0.804. The van der Waals surface area contributed by atoms with Gasteiger partial charge < -0.3 is 10.2 Å². The molecule has 0 radical (unpaired) electrons. The molecule has 0 saturated carbocycles. The maximum atomic E-state index is 10.6. The SMILES string of the molecule is O=C(O)C(O)C1Cc2ccc(Cl)cc2C1. The first kappa shape index (κ1) is 10.5. The molecule has 0 spiro atoms. The molecule has 4 heteroatoms. The van der Waals surface area contributed by atoms with E-state index in [1.54, 1.807) is 6.07 Å². The summed E-state index contributed by atoms with van der Waals surface area (Å²) in [6.07, 6.45) is -0.0836. The molecule has 15 heavy (non-hydrogen) atoms. The van der Waals surface area contributed by atoms with Gasteiger partial charge in [0, 0.05) is 10.9 Å². The van der Waals surface area contributed by atoms with Gasteiger partial charge >= 0.3 is 5.97 Å². The molecule has 0 saturated heterocycles. The van der Waals surface area contributed by atoms with Gasteiger partial charge in [0.05, 0.1) is 0 Å². The van der Waals surface area contributed by atoms with E-state index in [1.165, 1.54) is 0 Å². The lowest BCUT2D eigenvalue weighted by atomic mass is 9.99. The number of halogens is 1. The van der Waals surface area contributed by atoms with E-state index in [1.807, 2.05) is 12.1 Å². The summed E-state index contributed by atoms with van der Waals surface area (Å²) in [5.41, 5.74) is 2.14. The van der Waals surface area contributed by atoms with Crippen molar-refractivity contribution in [1.82, 2.24) is 0 Å². The maximum absolute atomic E-state index is 10.6. The van der Waals surface area contributed by atoms with Crippen molar-refractivity contribution in [3.05, 3.63) is 34.3 Å². The van der Waals surface area contributed by atoms with Gasteiger partial charge in [0.25, 0.3) is 0 Å². The molecule has 2 N–H and O–H groups in total. The smallest absolute Gasteiger partial charge is 0.332 e. The number of aliphatic hydroxyl groups excluding tert-OH is 1. The Kier molecular flexibility index (Phi) is 2.67. The number of aliphatic carboxylic acids is 1. The molecule has 1 aliphatic carbocycles.